The minimum Gasteiger partial charge on any atom is -0.490 e. The van der Waals surface area contributed by atoms with Gasteiger partial charge < -0.3 is 24.6 Å². The average molecular weight is 514 g/mol. The number of guanidine groups is 1. The number of rotatable bonds is 7. The van der Waals surface area contributed by atoms with Crippen LogP contribution in [0.25, 0.3) is 0 Å². The number of hydrogen-bond acceptors (Lipinski definition) is 5. The maximum atomic E-state index is 5.77. The highest BCUT2D eigenvalue weighted by molar-refractivity contribution is 14.0. The zero-order valence-corrected chi connectivity index (χ0v) is 19.7. The van der Waals surface area contributed by atoms with E-state index in [9.17, 15) is 0 Å². The van der Waals surface area contributed by atoms with Crippen molar-refractivity contribution >= 4 is 29.9 Å². The van der Waals surface area contributed by atoms with Gasteiger partial charge in [0.05, 0.1) is 25.5 Å². The first-order chi connectivity index (χ1) is 13.7. The predicted octanol–water partition coefficient (Wildman–Crippen LogP) is 3.83. The van der Waals surface area contributed by atoms with E-state index in [1.165, 1.54) is 0 Å². The standard InChI is InChI=1S/C21H30N4O3.HI/c1-4-17-16(18(5-2)28-25-17)14-24-21(22-6-3)23-13-15-8-9-19-20(12-15)27-11-7-10-26-19;/h8-9,12H,4-7,10-11,13-14H2,1-3H3,(H2,22,23,24);1H. The predicted molar refractivity (Wildman–Crippen MR) is 124 cm³/mol. The smallest absolute Gasteiger partial charge is 0.191 e. The van der Waals surface area contributed by atoms with Crippen LogP contribution in [0.5, 0.6) is 11.5 Å². The van der Waals surface area contributed by atoms with E-state index in [1.54, 1.807) is 0 Å². The summed E-state index contributed by atoms with van der Waals surface area (Å²) >= 11 is 0. The molecule has 0 atom stereocenters. The SMILES string of the molecule is CCNC(=NCc1ccc2c(c1)OCCCO2)NCc1c(CC)noc1CC.I. The third-order valence-corrected chi connectivity index (χ3v) is 4.62. The van der Waals surface area contributed by atoms with Crippen LogP contribution in [-0.2, 0) is 25.9 Å². The molecule has 0 saturated carbocycles. The fourth-order valence-electron chi connectivity index (χ4n) is 3.13. The maximum Gasteiger partial charge on any atom is 0.191 e. The molecule has 2 N–H and O–H groups in total. The van der Waals surface area contributed by atoms with Crippen LogP contribution in [0, 0.1) is 0 Å². The van der Waals surface area contributed by atoms with Crippen molar-refractivity contribution in [2.75, 3.05) is 19.8 Å². The largest absolute Gasteiger partial charge is 0.490 e. The second-order valence-corrected chi connectivity index (χ2v) is 6.62. The average Bonchev–Trinajstić information content (AvgIpc) is 2.97. The molecule has 1 aliphatic heterocycles. The molecule has 0 saturated heterocycles. The van der Waals surface area contributed by atoms with Crippen LogP contribution in [0.4, 0.5) is 0 Å². The lowest BCUT2D eigenvalue weighted by atomic mass is 10.1. The van der Waals surface area contributed by atoms with Crippen molar-refractivity contribution in [3.63, 3.8) is 0 Å². The summed E-state index contributed by atoms with van der Waals surface area (Å²) in [5.74, 6) is 3.30. The van der Waals surface area contributed by atoms with E-state index < -0.39 is 0 Å². The van der Waals surface area contributed by atoms with Crippen LogP contribution >= 0.6 is 24.0 Å². The van der Waals surface area contributed by atoms with E-state index >= 15 is 0 Å². The first kappa shape index (κ1) is 23.3. The Morgan fingerprint density at radius 3 is 2.59 bits per heavy atom. The fraction of sp³-hybridized carbons (Fsp3) is 0.524. The Bertz CT molecular complexity index is 786. The third-order valence-electron chi connectivity index (χ3n) is 4.62. The Balaban J connectivity index is 0.00000300. The lowest BCUT2D eigenvalue weighted by Crippen LogP contribution is -2.37. The monoisotopic (exact) mass is 514 g/mol. The van der Waals surface area contributed by atoms with Crippen LogP contribution in [0.3, 0.4) is 0 Å². The van der Waals surface area contributed by atoms with Gasteiger partial charge in [0.1, 0.15) is 5.76 Å². The van der Waals surface area contributed by atoms with Crippen molar-refractivity contribution in [3.05, 3.63) is 40.8 Å². The van der Waals surface area contributed by atoms with Gasteiger partial charge in [-0.25, -0.2) is 4.99 Å². The molecule has 1 aromatic heterocycles. The molecule has 0 spiro atoms. The second-order valence-electron chi connectivity index (χ2n) is 6.62. The van der Waals surface area contributed by atoms with Crippen molar-refractivity contribution < 1.29 is 14.0 Å². The number of nitrogens with one attached hydrogen (secondary N) is 2. The van der Waals surface area contributed by atoms with Gasteiger partial charge in [0.25, 0.3) is 0 Å². The van der Waals surface area contributed by atoms with Crippen molar-refractivity contribution in [1.82, 2.24) is 15.8 Å². The number of aromatic nitrogens is 1. The lowest BCUT2D eigenvalue weighted by molar-refractivity contribution is 0.297. The molecule has 0 amide bonds. The van der Waals surface area contributed by atoms with Gasteiger partial charge in [-0.3, -0.25) is 0 Å². The Kier molecular flexibility index (Phi) is 9.56. The molecule has 0 unspecified atom stereocenters. The molecule has 0 aliphatic carbocycles. The van der Waals surface area contributed by atoms with Crippen LogP contribution in [0.2, 0.25) is 0 Å². The first-order valence-corrected chi connectivity index (χ1v) is 10.1. The van der Waals surface area contributed by atoms with Gasteiger partial charge in [-0.2, -0.15) is 0 Å². The normalized spacial score (nSPS) is 13.4. The van der Waals surface area contributed by atoms with E-state index in [4.69, 9.17) is 19.0 Å². The summed E-state index contributed by atoms with van der Waals surface area (Å²) < 4.78 is 16.9. The van der Waals surface area contributed by atoms with Gasteiger partial charge >= 0.3 is 0 Å². The van der Waals surface area contributed by atoms with Crippen LogP contribution in [-0.4, -0.2) is 30.9 Å². The molecule has 0 radical (unpaired) electrons. The second kappa shape index (κ2) is 11.9. The van der Waals surface area contributed by atoms with E-state index in [0.29, 0.717) is 26.3 Å². The molecular formula is C21H31IN4O3. The molecule has 1 aromatic carbocycles. The number of halogens is 1. The Morgan fingerprint density at radius 1 is 1.07 bits per heavy atom. The summed E-state index contributed by atoms with van der Waals surface area (Å²) in [6.45, 7) is 9.58. The molecule has 2 aromatic rings. The van der Waals surface area contributed by atoms with Gasteiger partial charge in [0.15, 0.2) is 17.5 Å². The van der Waals surface area contributed by atoms with Crippen molar-refractivity contribution in [1.29, 1.82) is 0 Å². The minimum atomic E-state index is 0. The number of hydrogen-bond donors (Lipinski definition) is 2. The highest BCUT2D eigenvalue weighted by atomic mass is 127. The van der Waals surface area contributed by atoms with Crippen molar-refractivity contribution in [3.8, 4) is 11.5 Å². The van der Waals surface area contributed by atoms with Crippen molar-refractivity contribution in [2.24, 2.45) is 4.99 Å². The zero-order chi connectivity index (χ0) is 19.8. The number of aryl methyl sites for hydroxylation is 2. The van der Waals surface area contributed by atoms with Gasteiger partial charge in [-0.15, -0.1) is 24.0 Å². The highest BCUT2D eigenvalue weighted by Crippen LogP contribution is 2.30. The van der Waals surface area contributed by atoms with Crippen molar-refractivity contribution in [2.45, 2.75) is 53.1 Å². The lowest BCUT2D eigenvalue weighted by Gasteiger charge is -2.12. The molecular weight excluding hydrogens is 483 g/mol. The van der Waals surface area contributed by atoms with Crippen LogP contribution in [0.1, 0.15) is 49.8 Å². The summed E-state index contributed by atoms with van der Waals surface area (Å²) in [5, 5.41) is 10.9. The number of fused-ring (bicyclic) bond motifs is 1. The summed E-state index contributed by atoms with van der Waals surface area (Å²) in [7, 11) is 0. The third kappa shape index (κ3) is 6.25. The Morgan fingerprint density at radius 2 is 1.86 bits per heavy atom. The van der Waals surface area contributed by atoms with E-state index in [0.717, 1.165) is 65.8 Å². The van der Waals surface area contributed by atoms with Gasteiger partial charge in [0, 0.05) is 31.5 Å². The Hall–Kier alpha value is -1.97. The molecule has 2 heterocycles. The van der Waals surface area contributed by atoms with E-state index in [-0.39, 0.29) is 24.0 Å². The molecule has 7 nitrogen and oxygen atoms in total. The summed E-state index contributed by atoms with van der Waals surface area (Å²) in [5.41, 5.74) is 3.21. The number of benzene rings is 1. The van der Waals surface area contributed by atoms with E-state index in [1.807, 2.05) is 18.2 Å². The fourth-order valence-corrected chi connectivity index (χ4v) is 3.13. The number of aliphatic imine (C=N–C) groups is 1. The summed E-state index contributed by atoms with van der Waals surface area (Å²) in [4.78, 5) is 4.71. The zero-order valence-electron chi connectivity index (χ0n) is 17.4. The molecule has 29 heavy (non-hydrogen) atoms. The van der Waals surface area contributed by atoms with Gasteiger partial charge in [-0.05, 0) is 31.0 Å². The topological polar surface area (TPSA) is 80.9 Å². The maximum absolute atomic E-state index is 5.77. The van der Waals surface area contributed by atoms with Crippen LogP contribution in [0.15, 0.2) is 27.7 Å². The molecule has 0 bridgehead atoms. The Labute approximate surface area is 189 Å². The van der Waals surface area contributed by atoms with E-state index in [2.05, 4.69) is 36.6 Å². The van der Waals surface area contributed by atoms with Gasteiger partial charge in [0.2, 0.25) is 0 Å². The van der Waals surface area contributed by atoms with Gasteiger partial charge in [-0.1, -0.05) is 25.1 Å². The summed E-state index contributed by atoms with van der Waals surface area (Å²) in [6, 6.07) is 6.01. The minimum absolute atomic E-state index is 0. The number of nitrogens with zero attached hydrogens (tertiary/aromatic N) is 2. The highest BCUT2D eigenvalue weighted by Gasteiger charge is 2.14. The number of ether oxygens (including phenoxy) is 2. The first-order valence-electron chi connectivity index (χ1n) is 10.1. The molecule has 3 rings (SSSR count). The summed E-state index contributed by atoms with van der Waals surface area (Å²) in [6.07, 6.45) is 2.58. The molecule has 1 aliphatic rings. The molecule has 8 heteroatoms. The molecule has 160 valence electrons. The van der Waals surface area contributed by atoms with Crippen LogP contribution < -0.4 is 20.1 Å². The quantitative estimate of drug-likeness (QED) is 0.332. The molecule has 0 fully saturated rings.